The highest BCUT2D eigenvalue weighted by Gasteiger charge is 2.25. The lowest BCUT2D eigenvalue weighted by atomic mass is 10.1. The molecule has 4 heteroatoms. The molecule has 0 saturated carbocycles. The van der Waals surface area contributed by atoms with Crippen LogP contribution in [-0.2, 0) is 0 Å². The number of aliphatic hydroxyl groups is 1. The Balaban J connectivity index is 2.13. The summed E-state index contributed by atoms with van der Waals surface area (Å²) in [5.41, 5.74) is 0.855. The molecule has 15 heavy (non-hydrogen) atoms. The first-order chi connectivity index (χ1) is 7.31. The summed E-state index contributed by atoms with van der Waals surface area (Å²) in [6, 6.07) is 1.86. The van der Waals surface area contributed by atoms with E-state index in [2.05, 4.69) is 4.98 Å². The Morgan fingerprint density at radius 1 is 1.60 bits per heavy atom. The van der Waals surface area contributed by atoms with Gasteiger partial charge in [-0.05, 0) is 24.7 Å². The molecule has 1 aliphatic rings. The highest BCUT2D eigenvalue weighted by molar-refractivity contribution is 8.00. The fourth-order valence-corrected chi connectivity index (χ4v) is 3.08. The highest BCUT2D eigenvalue weighted by atomic mass is 32.2. The molecule has 2 atom stereocenters. The third-order valence-corrected chi connectivity index (χ3v) is 4.07. The van der Waals surface area contributed by atoms with Gasteiger partial charge in [0, 0.05) is 17.0 Å². The van der Waals surface area contributed by atoms with Gasteiger partial charge in [-0.25, -0.2) is 0 Å². The summed E-state index contributed by atoms with van der Waals surface area (Å²) in [4.78, 5) is 4.05. The minimum absolute atomic E-state index is 0.318. The van der Waals surface area contributed by atoms with E-state index < -0.39 is 6.10 Å². The second-order valence-corrected chi connectivity index (χ2v) is 5.00. The van der Waals surface area contributed by atoms with Crippen LogP contribution >= 0.6 is 11.8 Å². The maximum atomic E-state index is 10.1. The molecule has 1 N–H and O–H groups in total. The first kappa shape index (κ1) is 10.8. The van der Waals surface area contributed by atoms with Crippen molar-refractivity contribution in [1.29, 1.82) is 0 Å². The van der Waals surface area contributed by atoms with E-state index in [0.29, 0.717) is 11.0 Å². The normalized spacial score (nSPS) is 22.7. The Bertz CT molecular complexity index is 326. The Kier molecular flexibility index (Phi) is 3.49. The van der Waals surface area contributed by atoms with Crippen molar-refractivity contribution in [3.63, 3.8) is 0 Å². The molecule has 0 aliphatic carbocycles. The Morgan fingerprint density at radius 3 is 3.13 bits per heavy atom. The van der Waals surface area contributed by atoms with Crippen LogP contribution in [0.4, 0.5) is 0 Å². The molecule has 82 valence electrons. The molecule has 2 heterocycles. The first-order valence-electron chi connectivity index (χ1n) is 5.10. The van der Waals surface area contributed by atoms with Crippen molar-refractivity contribution in [3.8, 4) is 5.75 Å². The molecule has 0 spiro atoms. The summed E-state index contributed by atoms with van der Waals surface area (Å²) in [6.45, 7) is 0. The highest BCUT2D eigenvalue weighted by Crippen LogP contribution is 2.36. The maximum absolute atomic E-state index is 10.1. The van der Waals surface area contributed by atoms with Gasteiger partial charge in [-0.15, -0.1) is 0 Å². The number of thioether (sulfide) groups is 1. The third kappa shape index (κ3) is 2.44. The lowest BCUT2D eigenvalue weighted by molar-refractivity contribution is 0.172. The van der Waals surface area contributed by atoms with Gasteiger partial charge in [0.1, 0.15) is 5.75 Å². The fraction of sp³-hybridized carbons (Fsp3) is 0.545. The average molecular weight is 225 g/mol. The number of hydrogen-bond donors (Lipinski definition) is 1. The minimum atomic E-state index is -0.417. The van der Waals surface area contributed by atoms with Crippen LogP contribution in [0.2, 0.25) is 0 Å². The molecule has 1 aromatic heterocycles. The number of aliphatic hydroxyl groups excluding tert-OH is 1. The summed E-state index contributed by atoms with van der Waals surface area (Å²) in [5, 5.41) is 10.4. The zero-order valence-electron chi connectivity index (χ0n) is 8.72. The van der Waals surface area contributed by atoms with Crippen LogP contribution in [0.3, 0.4) is 0 Å². The molecule has 2 unspecified atom stereocenters. The first-order valence-corrected chi connectivity index (χ1v) is 6.15. The molecule has 1 aromatic rings. The van der Waals surface area contributed by atoms with E-state index in [1.54, 1.807) is 19.5 Å². The standard InChI is InChI=1S/C11H15NO2S/c1-14-9-5-8(6-12-7-9)11(13)10-3-2-4-15-10/h5-7,10-11,13H,2-4H2,1H3. The van der Waals surface area contributed by atoms with Gasteiger partial charge in [0.25, 0.3) is 0 Å². The van der Waals surface area contributed by atoms with Gasteiger partial charge in [-0.3, -0.25) is 4.98 Å². The molecular weight excluding hydrogens is 210 g/mol. The summed E-state index contributed by atoms with van der Waals surface area (Å²) in [6.07, 6.45) is 5.23. The van der Waals surface area contributed by atoms with Gasteiger partial charge in [0.15, 0.2) is 0 Å². The zero-order valence-corrected chi connectivity index (χ0v) is 9.54. The number of hydrogen-bond acceptors (Lipinski definition) is 4. The molecule has 0 radical (unpaired) electrons. The van der Waals surface area contributed by atoms with Crippen molar-refractivity contribution in [2.75, 3.05) is 12.9 Å². The minimum Gasteiger partial charge on any atom is -0.495 e. The predicted molar refractivity (Wildman–Crippen MR) is 61.2 cm³/mol. The zero-order chi connectivity index (χ0) is 10.7. The number of methoxy groups -OCH3 is 1. The van der Waals surface area contributed by atoms with Crippen LogP contribution in [0.25, 0.3) is 0 Å². The van der Waals surface area contributed by atoms with Crippen molar-refractivity contribution in [1.82, 2.24) is 4.98 Å². The van der Waals surface area contributed by atoms with E-state index in [9.17, 15) is 5.11 Å². The monoisotopic (exact) mass is 225 g/mol. The van der Waals surface area contributed by atoms with E-state index >= 15 is 0 Å². The number of aromatic nitrogens is 1. The van der Waals surface area contributed by atoms with Crippen LogP contribution < -0.4 is 4.74 Å². The largest absolute Gasteiger partial charge is 0.495 e. The van der Waals surface area contributed by atoms with Crippen molar-refractivity contribution in [2.24, 2.45) is 0 Å². The smallest absolute Gasteiger partial charge is 0.137 e. The topological polar surface area (TPSA) is 42.4 Å². The summed E-state index contributed by atoms with van der Waals surface area (Å²) >= 11 is 1.84. The van der Waals surface area contributed by atoms with Crippen LogP contribution in [-0.4, -0.2) is 28.2 Å². The average Bonchev–Trinajstić information content (AvgIpc) is 2.81. The Labute approximate surface area is 93.9 Å². The Hall–Kier alpha value is -0.740. The molecule has 1 saturated heterocycles. The molecule has 0 amide bonds. The van der Waals surface area contributed by atoms with E-state index in [4.69, 9.17) is 4.74 Å². The number of pyridine rings is 1. The number of rotatable bonds is 3. The molecular formula is C11H15NO2S. The number of ether oxygens (including phenoxy) is 1. The van der Waals surface area contributed by atoms with E-state index in [-0.39, 0.29) is 0 Å². The lowest BCUT2D eigenvalue weighted by Crippen LogP contribution is -2.12. The second kappa shape index (κ2) is 4.86. The van der Waals surface area contributed by atoms with Crippen molar-refractivity contribution < 1.29 is 9.84 Å². The van der Waals surface area contributed by atoms with Crippen LogP contribution in [0, 0.1) is 0 Å². The van der Waals surface area contributed by atoms with E-state index in [0.717, 1.165) is 17.7 Å². The maximum Gasteiger partial charge on any atom is 0.137 e. The quantitative estimate of drug-likeness (QED) is 0.854. The van der Waals surface area contributed by atoms with Crippen molar-refractivity contribution in [3.05, 3.63) is 24.0 Å². The van der Waals surface area contributed by atoms with E-state index in [1.165, 1.54) is 6.42 Å². The summed E-state index contributed by atoms with van der Waals surface area (Å²) < 4.78 is 5.09. The predicted octanol–water partition coefficient (Wildman–Crippen LogP) is 2.02. The SMILES string of the molecule is COc1cncc(C(O)C2CCCS2)c1. The van der Waals surface area contributed by atoms with Crippen molar-refractivity contribution >= 4 is 11.8 Å². The van der Waals surface area contributed by atoms with Gasteiger partial charge in [-0.2, -0.15) is 11.8 Å². The molecule has 0 bridgehead atoms. The van der Waals surface area contributed by atoms with Gasteiger partial charge >= 0.3 is 0 Å². The van der Waals surface area contributed by atoms with Crippen LogP contribution in [0.1, 0.15) is 24.5 Å². The van der Waals surface area contributed by atoms with Gasteiger partial charge < -0.3 is 9.84 Å². The lowest BCUT2D eigenvalue weighted by Gasteiger charge is -2.17. The second-order valence-electron chi connectivity index (χ2n) is 3.65. The third-order valence-electron chi connectivity index (χ3n) is 2.63. The molecule has 3 nitrogen and oxygen atoms in total. The van der Waals surface area contributed by atoms with Crippen LogP contribution in [0.5, 0.6) is 5.75 Å². The molecule has 1 fully saturated rings. The van der Waals surface area contributed by atoms with Gasteiger partial charge in [-0.1, -0.05) is 0 Å². The summed E-state index contributed by atoms with van der Waals surface area (Å²) in [7, 11) is 1.61. The van der Waals surface area contributed by atoms with Crippen LogP contribution in [0.15, 0.2) is 18.5 Å². The van der Waals surface area contributed by atoms with Crippen molar-refractivity contribution in [2.45, 2.75) is 24.2 Å². The molecule has 2 rings (SSSR count). The van der Waals surface area contributed by atoms with E-state index in [1.807, 2.05) is 17.8 Å². The molecule has 1 aliphatic heterocycles. The molecule has 0 aromatic carbocycles. The van der Waals surface area contributed by atoms with Gasteiger partial charge in [0.05, 0.1) is 19.4 Å². The summed E-state index contributed by atoms with van der Waals surface area (Å²) in [5.74, 6) is 1.86. The van der Waals surface area contributed by atoms with Gasteiger partial charge in [0.2, 0.25) is 0 Å². The Morgan fingerprint density at radius 2 is 2.47 bits per heavy atom. The fourth-order valence-electron chi connectivity index (χ4n) is 1.78. The number of nitrogens with zero attached hydrogens (tertiary/aromatic N) is 1.